The van der Waals surface area contributed by atoms with Crippen LogP contribution < -0.4 is 5.32 Å². The lowest BCUT2D eigenvalue weighted by Gasteiger charge is -2.09. The van der Waals surface area contributed by atoms with E-state index in [1.807, 2.05) is 18.2 Å². The Kier molecular flexibility index (Phi) is 3.01. The number of esters is 1. The second kappa shape index (κ2) is 4.56. The van der Waals surface area contributed by atoms with Crippen LogP contribution >= 0.6 is 0 Å². The molecule has 102 valence electrons. The van der Waals surface area contributed by atoms with Crippen molar-refractivity contribution in [3.8, 4) is 0 Å². The van der Waals surface area contributed by atoms with Crippen molar-refractivity contribution in [2.45, 2.75) is 36.8 Å². The third-order valence-electron chi connectivity index (χ3n) is 3.68. The highest BCUT2D eigenvalue weighted by Crippen LogP contribution is 2.41. The molecule has 1 aliphatic heterocycles. The lowest BCUT2D eigenvalue weighted by Crippen LogP contribution is -2.29. The van der Waals surface area contributed by atoms with Crippen molar-refractivity contribution in [1.29, 1.82) is 0 Å². The zero-order valence-electron chi connectivity index (χ0n) is 10.3. The molecule has 1 saturated heterocycles. The molecule has 1 aliphatic carbocycles. The van der Waals surface area contributed by atoms with Crippen molar-refractivity contribution in [3.63, 3.8) is 0 Å². The van der Waals surface area contributed by atoms with E-state index in [4.69, 9.17) is 0 Å². The van der Waals surface area contributed by atoms with Gasteiger partial charge in [0.25, 0.3) is 0 Å². The van der Waals surface area contributed by atoms with Crippen LogP contribution in [0.4, 0.5) is 8.78 Å². The SMILES string of the molecule is O=C1OC(CNC2CC2c2ccccc2)CC1(F)F. The van der Waals surface area contributed by atoms with Gasteiger partial charge in [0.1, 0.15) is 6.10 Å². The topological polar surface area (TPSA) is 38.3 Å². The number of ether oxygens (including phenoxy) is 1. The fourth-order valence-electron chi connectivity index (χ4n) is 2.53. The van der Waals surface area contributed by atoms with Gasteiger partial charge in [-0.3, -0.25) is 0 Å². The summed E-state index contributed by atoms with van der Waals surface area (Å²) >= 11 is 0. The van der Waals surface area contributed by atoms with Crippen LogP contribution in [-0.4, -0.2) is 30.6 Å². The maximum atomic E-state index is 13.0. The van der Waals surface area contributed by atoms with E-state index in [9.17, 15) is 13.6 Å². The van der Waals surface area contributed by atoms with Gasteiger partial charge in [-0.15, -0.1) is 0 Å². The first kappa shape index (κ1) is 12.5. The Morgan fingerprint density at radius 3 is 2.68 bits per heavy atom. The van der Waals surface area contributed by atoms with Crippen LogP contribution in [0.1, 0.15) is 24.3 Å². The number of rotatable bonds is 4. The minimum absolute atomic E-state index is 0.301. The second-order valence-corrected chi connectivity index (χ2v) is 5.20. The van der Waals surface area contributed by atoms with Gasteiger partial charge in [0.05, 0.1) is 6.42 Å². The molecule has 0 spiro atoms. The van der Waals surface area contributed by atoms with Gasteiger partial charge in [-0.1, -0.05) is 30.3 Å². The normalized spacial score (nSPS) is 32.1. The molecular formula is C14H15F2NO2. The zero-order chi connectivity index (χ0) is 13.5. The fourth-order valence-corrected chi connectivity index (χ4v) is 2.53. The van der Waals surface area contributed by atoms with Crippen molar-refractivity contribution < 1.29 is 18.3 Å². The Morgan fingerprint density at radius 2 is 2.05 bits per heavy atom. The summed E-state index contributed by atoms with van der Waals surface area (Å²) in [6.07, 6.45) is -0.220. The summed E-state index contributed by atoms with van der Waals surface area (Å²) in [5.74, 6) is -4.26. The van der Waals surface area contributed by atoms with E-state index in [0.29, 0.717) is 18.5 Å². The molecule has 1 aromatic rings. The lowest BCUT2D eigenvalue weighted by molar-refractivity contribution is -0.159. The molecular weight excluding hydrogens is 252 g/mol. The van der Waals surface area contributed by atoms with Gasteiger partial charge in [0.15, 0.2) is 0 Å². The molecule has 5 heteroatoms. The third kappa shape index (κ3) is 2.61. The Hall–Kier alpha value is -1.49. The average Bonchev–Trinajstić information content (AvgIpc) is 3.11. The van der Waals surface area contributed by atoms with Gasteiger partial charge in [0.2, 0.25) is 0 Å². The number of benzene rings is 1. The molecule has 0 radical (unpaired) electrons. The van der Waals surface area contributed by atoms with Gasteiger partial charge in [-0.05, 0) is 12.0 Å². The van der Waals surface area contributed by atoms with E-state index in [-0.39, 0.29) is 0 Å². The predicted molar refractivity (Wildman–Crippen MR) is 65.0 cm³/mol. The van der Waals surface area contributed by atoms with Crippen molar-refractivity contribution in [1.82, 2.24) is 5.32 Å². The highest BCUT2D eigenvalue weighted by Gasteiger charge is 2.51. The Morgan fingerprint density at radius 1 is 1.32 bits per heavy atom. The van der Waals surface area contributed by atoms with E-state index in [1.165, 1.54) is 5.56 Å². The summed E-state index contributed by atoms with van der Waals surface area (Å²) in [5, 5.41) is 3.19. The Labute approximate surface area is 109 Å². The molecule has 0 bridgehead atoms. The minimum atomic E-state index is -3.31. The first-order valence-corrected chi connectivity index (χ1v) is 6.43. The van der Waals surface area contributed by atoms with Gasteiger partial charge >= 0.3 is 11.9 Å². The largest absolute Gasteiger partial charge is 0.456 e. The first-order chi connectivity index (χ1) is 9.06. The first-order valence-electron chi connectivity index (χ1n) is 6.43. The molecule has 3 atom stereocenters. The molecule has 2 fully saturated rings. The van der Waals surface area contributed by atoms with E-state index < -0.39 is 24.4 Å². The monoisotopic (exact) mass is 267 g/mol. The third-order valence-corrected chi connectivity index (χ3v) is 3.68. The standard InChI is InChI=1S/C14H15F2NO2/c15-14(16)7-10(19-13(14)18)8-17-12-6-11(12)9-4-2-1-3-5-9/h1-5,10-12,17H,6-8H2. The van der Waals surface area contributed by atoms with Crippen molar-refractivity contribution in [2.24, 2.45) is 0 Å². The lowest BCUT2D eigenvalue weighted by atomic mass is 10.1. The van der Waals surface area contributed by atoms with Crippen molar-refractivity contribution in [2.75, 3.05) is 6.54 Å². The van der Waals surface area contributed by atoms with Crippen LogP contribution in [0.3, 0.4) is 0 Å². The second-order valence-electron chi connectivity index (χ2n) is 5.20. The maximum Gasteiger partial charge on any atom is 0.377 e. The van der Waals surface area contributed by atoms with Gasteiger partial charge in [0, 0.05) is 18.5 Å². The molecule has 1 heterocycles. The minimum Gasteiger partial charge on any atom is -0.456 e. The molecule has 19 heavy (non-hydrogen) atoms. The quantitative estimate of drug-likeness (QED) is 0.849. The van der Waals surface area contributed by atoms with Crippen LogP contribution in [0, 0.1) is 0 Å². The fraction of sp³-hybridized carbons (Fsp3) is 0.500. The summed E-state index contributed by atoms with van der Waals surface area (Å²) in [5.41, 5.74) is 1.26. The molecule has 0 aromatic heterocycles. The van der Waals surface area contributed by atoms with E-state index in [0.717, 1.165) is 6.42 Å². The number of carbonyl (C=O) groups excluding carboxylic acids is 1. The molecule has 3 rings (SSSR count). The highest BCUT2D eigenvalue weighted by atomic mass is 19.3. The summed E-state index contributed by atoms with van der Waals surface area (Å²) < 4.78 is 30.6. The van der Waals surface area contributed by atoms with Crippen LogP contribution in [-0.2, 0) is 9.53 Å². The van der Waals surface area contributed by atoms with E-state index in [2.05, 4.69) is 22.2 Å². The molecule has 1 aromatic carbocycles. The maximum absolute atomic E-state index is 13.0. The van der Waals surface area contributed by atoms with Crippen LogP contribution in [0.5, 0.6) is 0 Å². The Balaban J connectivity index is 1.47. The number of halogens is 2. The number of nitrogens with one attached hydrogen (secondary N) is 1. The van der Waals surface area contributed by atoms with Crippen molar-refractivity contribution in [3.05, 3.63) is 35.9 Å². The van der Waals surface area contributed by atoms with Gasteiger partial charge in [-0.2, -0.15) is 8.78 Å². The summed E-state index contributed by atoms with van der Waals surface area (Å²) in [6, 6.07) is 10.4. The molecule has 0 amide bonds. The van der Waals surface area contributed by atoms with Gasteiger partial charge < -0.3 is 10.1 Å². The zero-order valence-corrected chi connectivity index (χ0v) is 10.3. The molecule has 1 saturated carbocycles. The van der Waals surface area contributed by atoms with Crippen molar-refractivity contribution >= 4 is 5.97 Å². The number of hydrogen-bond acceptors (Lipinski definition) is 3. The van der Waals surface area contributed by atoms with Crippen LogP contribution in [0.2, 0.25) is 0 Å². The number of alkyl halides is 2. The van der Waals surface area contributed by atoms with Gasteiger partial charge in [-0.25, -0.2) is 4.79 Å². The smallest absolute Gasteiger partial charge is 0.377 e. The molecule has 3 nitrogen and oxygen atoms in total. The van der Waals surface area contributed by atoms with Crippen LogP contribution in [0.25, 0.3) is 0 Å². The average molecular weight is 267 g/mol. The Bertz CT molecular complexity index is 478. The van der Waals surface area contributed by atoms with E-state index in [1.54, 1.807) is 0 Å². The predicted octanol–water partition coefficient (Wildman–Crippen LogP) is 2.08. The summed E-state index contributed by atoms with van der Waals surface area (Å²) in [6.45, 7) is 0.301. The summed E-state index contributed by atoms with van der Waals surface area (Å²) in [7, 11) is 0. The summed E-state index contributed by atoms with van der Waals surface area (Å²) in [4.78, 5) is 10.9. The molecule has 2 aliphatic rings. The van der Waals surface area contributed by atoms with E-state index >= 15 is 0 Å². The van der Waals surface area contributed by atoms with Crippen LogP contribution in [0.15, 0.2) is 30.3 Å². The highest BCUT2D eigenvalue weighted by molar-refractivity contribution is 5.79. The number of hydrogen-bond donors (Lipinski definition) is 1. The number of cyclic esters (lactones) is 1. The molecule has 3 unspecified atom stereocenters. The number of carbonyl (C=O) groups is 1. The molecule has 1 N–H and O–H groups in total.